The van der Waals surface area contributed by atoms with Crippen molar-refractivity contribution in [3.63, 3.8) is 0 Å². The Bertz CT molecular complexity index is 933. The molecule has 1 aliphatic heterocycles. The third-order valence-corrected chi connectivity index (χ3v) is 5.20. The van der Waals surface area contributed by atoms with Crippen molar-refractivity contribution >= 4 is 0 Å². The van der Waals surface area contributed by atoms with E-state index in [4.69, 9.17) is 0 Å². The zero-order chi connectivity index (χ0) is 19.7. The van der Waals surface area contributed by atoms with Gasteiger partial charge in [-0.05, 0) is 43.2 Å². The molecule has 3 aromatic rings. The average molecular weight is 386 g/mol. The Hall–Kier alpha value is -2.67. The van der Waals surface area contributed by atoms with Crippen LogP contribution >= 0.6 is 0 Å². The molecule has 1 aromatic carbocycles. The van der Waals surface area contributed by atoms with E-state index in [9.17, 15) is 13.2 Å². The van der Waals surface area contributed by atoms with E-state index in [2.05, 4.69) is 19.4 Å². The summed E-state index contributed by atoms with van der Waals surface area (Å²) in [6.45, 7) is 4.43. The SMILES string of the molecule is Cc1cnc(-c2cccnc2)n1C1CCN(Cc2ccc(C(F)(F)F)cc2)C1. The molecule has 1 fully saturated rings. The summed E-state index contributed by atoms with van der Waals surface area (Å²) >= 11 is 0. The largest absolute Gasteiger partial charge is 0.416 e. The van der Waals surface area contributed by atoms with Crippen LogP contribution in [-0.4, -0.2) is 32.5 Å². The van der Waals surface area contributed by atoms with Crippen LogP contribution in [0.5, 0.6) is 0 Å². The van der Waals surface area contributed by atoms with Gasteiger partial charge >= 0.3 is 6.18 Å². The molecule has 4 nitrogen and oxygen atoms in total. The second-order valence-corrected chi connectivity index (χ2v) is 7.21. The van der Waals surface area contributed by atoms with E-state index in [-0.39, 0.29) is 6.04 Å². The lowest BCUT2D eigenvalue weighted by Gasteiger charge is -2.20. The molecule has 0 bridgehead atoms. The summed E-state index contributed by atoms with van der Waals surface area (Å²) in [5.41, 5.74) is 2.37. The van der Waals surface area contributed by atoms with E-state index in [1.807, 2.05) is 31.5 Å². The molecule has 3 heterocycles. The molecule has 1 aliphatic rings. The van der Waals surface area contributed by atoms with Crippen molar-refractivity contribution in [1.82, 2.24) is 19.4 Å². The molecule has 1 atom stereocenters. The first kappa shape index (κ1) is 18.7. The van der Waals surface area contributed by atoms with Gasteiger partial charge in [-0.2, -0.15) is 13.2 Å². The first-order chi connectivity index (χ1) is 13.4. The van der Waals surface area contributed by atoms with Crippen LogP contribution in [0.1, 0.15) is 29.3 Å². The third-order valence-electron chi connectivity index (χ3n) is 5.20. The van der Waals surface area contributed by atoms with Crippen LogP contribution in [0, 0.1) is 6.92 Å². The number of imidazole rings is 1. The number of aromatic nitrogens is 3. The van der Waals surface area contributed by atoms with Crippen molar-refractivity contribution in [2.45, 2.75) is 32.1 Å². The number of aryl methyl sites for hydroxylation is 1. The van der Waals surface area contributed by atoms with Crippen LogP contribution in [-0.2, 0) is 12.7 Å². The van der Waals surface area contributed by atoms with E-state index < -0.39 is 11.7 Å². The quantitative estimate of drug-likeness (QED) is 0.651. The van der Waals surface area contributed by atoms with Crippen LogP contribution in [0.3, 0.4) is 0 Å². The molecule has 1 unspecified atom stereocenters. The summed E-state index contributed by atoms with van der Waals surface area (Å²) in [7, 11) is 0. The minimum atomic E-state index is -4.29. The zero-order valence-electron chi connectivity index (χ0n) is 15.5. The normalized spacial score (nSPS) is 17.9. The first-order valence-corrected chi connectivity index (χ1v) is 9.24. The number of alkyl halides is 3. The maximum atomic E-state index is 12.7. The van der Waals surface area contributed by atoms with Crippen molar-refractivity contribution in [3.05, 3.63) is 71.8 Å². The number of rotatable bonds is 4. The molecule has 2 aromatic heterocycles. The molecule has 0 aliphatic carbocycles. The molecule has 0 spiro atoms. The van der Waals surface area contributed by atoms with Crippen LogP contribution in [0.2, 0.25) is 0 Å². The monoisotopic (exact) mass is 386 g/mol. The fourth-order valence-electron chi connectivity index (χ4n) is 3.84. The average Bonchev–Trinajstić information content (AvgIpc) is 3.28. The fraction of sp³-hybridized carbons (Fsp3) is 0.333. The summed E-state index contributed by atoms with van der Waals surface area (Å²) in [4.78, 5) is 11.0. The highest BCUT2D eigenvalue weighted by molar-refractivity contribution is 5.54. The van der Waals surface area contributed by atoms with Crippen molar-refractivity contribution in [3.8, 4) is 11.4 Å². The van der Waals surface area contributed by atoms with Crippen LogP contribution < -0.4 is 0 Å². The van der Waals surface area contributed by atoms with E-state index in [0.717, 1.165) is 54.3 Å². The maximum absolute atomic E-state index is 12.7. The third kappa shape index (κ3) is 3.80. The second-order valence-electron chi connectivity index (χ2n) is 7.21. The molecule has 146 valence electrons. The van der Waals surface area contributed by atoms with Gasteiger partial charge in [0, 0.05) is 55.5 Å². The minimum Gasteiger partial charge on any atom is -0.324 e. The van der Waals surface area contributed by atoms with E-state index in [1.165, 1.54) is 0 Å². The predicted octanol–water partition coefficient (Wildman–Crippen LogP) is 4.72. The van der Waals surface area contributed by atoms with Gasteiger partial charge in [0.25, 0.3) is 0 Å². The van der Waals surface area contributed by atoms with E-state index >= 15 is 0 Å². The highest BCUT2D eigenvalue weighted by atomic mass is 19.4. The Balaban J connectivity index is 1.47. The number of pyridine rings is 1. The molecule has 0 radical (unpaired) electrons. The van der Waals surface area contributed by atoms with Crippen LogP contribution in [0.15, 0.2) is 55.0 Å². The summed E-state index contributed by atoms with van der Waals surface area (Å²) in [6, 6.07) is 9.63. The molecule has 1 saturated heterocycles. The number of halogens is 3. The first-order valence-electron chi connectivity index (χ1n) is 9.24. The number of benzene rings is 1. The Morgan fingerprint density at radius 2 is 1.89 bits per heavy atom. The fourth-order valence-corrected chi connectivity index (χ4v) is 3.84. The summed E-state index contributed by atoms with van der Waals surface area (Å²) < 4.78 is 40.4. The second kappa shape index (κ2) is 7.39. The molecule has 7 heteroatoms. The minimum absolute atomic E-state index is 0.284. The van der Waals surface area contributed by atoms with Crippen molar-refractivity contribution in [1.29, 1.82) is 0 Å². The Morgan fingerprint density at radius 1 is 1.11 bits per heavy atom. The van der Waals surface area contributed by atoms with Gasteiger partial charge < -0.3 is 4.57 Å². The van der Waals surface area contributed by atoms with Gasteiger partial charge in [0.05, 0.1) is 5.56 Å². The molecule has 28 heavy (non-hydrogen) atoms. The zero-order valence-corrected chi connectivity index (χ0v) is 15.5. The Labute approximate surface area is 161 Å². The van der Waals surface area contributed by atoms with Gasteiger partial charge in [-0.25, -0.2) is 4.98 Å². The summed E-state index contributed by atoms with van der Waals surface area (Å²) in [6.07, 6.45) is 2.11. The lowest BCUT2D eigenvalue weighted by atomic mass is 10.1. The highest BCUT2D eigenvalue weighted by Crippen LogP contribution is 2.31. The smallest absolute Gasteiger partial charge is 0.324 e. The molecular weight excluding hydrogens is 365 g/mol. The Morgan fingerprint density at radius 3 is 2.57 bits per heavy atom. The van der Waals surface area contributed by atoms with Gasteiger partial charge in [-0.3, -0.25) is 9.88 Å². The van der Waals surface area contributed by atoms with Gasteiger partial charge in [0.15, 0.2) is 0 Å². The van der Waals surface area contributed by atoms with E-state index in [0.29, 0.717) is 6.54 Å². The van der Waals surface area contributed by atoms with Crippen LogP contribution in [0.25, 0.3) is 11.4 Å². The van der Waals surface area contributed by atoms with Gasteiger partial charge in [-0.15, -0.1) is 0 Å². The molecule has 4 rings (SSSR count). The molecular formula is C21H21F3N4. The maximum Gasteiger partial charge on any atom is 0.416 e. The Kier molecular flexibility index (Phi) is 4.93. The molecule has 0 saturated carbocycles. The van der Waals surface area contributed by atoms with Crippen LogP contribution in [0.4, 0.5) is 13.2 Å². The lowest BCUT2D eigenvalue weighted by molar-refractivity contribution is -0.137. The van der Waals surface area contributed by atoms with Crippen molar-refractivity contribution in [2.24, 2.45) is 0 Å². The lowest BCUT2D eigenvalue weighted by Crippen LogP contribution is -2.22. The van der Waals surface area contributed by atoms with Crippen molar-refractivity contribution < 1.29 is 13.2 Å². The number of likely N-dealkylation sites (tertiary alicyclic amines) is 1. The van der Waals surface area contributed by atoms with Gasteiger partial charge in [-0.1, -0.05) is 12.1 Å². The topological polar surface area (TPSA) is 34.0 Å². The summed E-state index contributed by atoms with van der Waals surface area (Å²) in [5, 5.41) is 0. The number of nitrogens with zero attached hydrogens (tertiary/aromatic N) is 4. The number of hydrogen-bond acceptors (Lipinski definition) is 3. The van der Waals surface area contributed by atoms with Gasteiger partial charge in [0.1, 0.15) is 5.82 Å². The molecule has 0 amide bonds. The van der Waals surface area contributed by atoms with Gasteiger partial charge in [0.2, 0.25) is 0 Å². The highest BCUT2D eigenvalue weighted by Gasteiger charge is 2.30. The van der Waals surface area contributed by atoms with E-state index in [1.54, 1.807) is 18.3 Å². The van der Waals surface area contributed by atoms with Crippen molar-refractivity contribution in [2.75, 3.05) is 13.1 Å². The standard InChI is InChI=1S/C21H21F3N4/c1-15-11-26-20(17-3-2-9-25-12-17)28(15)19-8-10-27(14-19)13-16-4-6-18(7-5-16)21(22,23)24/h2-7,9,11-12,19H,8,10,13-14H2,1H3. The predicted molar refractivity (Wildman–Crippen MR) is 101 cm³/mol. The summed E-state index contributed by atoms with van der Waals surface area (Å²) in [5.74, 6) is 0.909. The molecule has 0 N–H and O–H groups in total. The number of hydrogen-bond donors (Lipinski definition) is 0.